The standard InChI is InChI=1S/C23H22F3N7/c1-31-9-11-32(12-10-31)20-6-5-16(14-28-20)19-15-29-22-21(27-7-8-33(19)22)30-18-4-2-3-17(13-18)23(24,25)26/h2-8,13-15H,9-12H2,1H3,(H,27,30). The second-order valence-corrected chi connectivity index (χ2v) is 8.01. The highest BCUT2D eigenvalue weighted by Crippen LogP contribution is 2.32. The molecule has 5 rings (SSSR count). The van der Waals surface area contributed by atoms with Gasteiger partial charge in [0.25, 0.3) is 0 Å². The minimum absolute atomic E-state index is 0.285. The van der Waals surface area contributed by atoms with Crippen molar-refractivity contribution in [1.29, 1.82) is 0 Å². The van der Waals surface area contributed by atoms with Gasteiger partial charge in [-0.2, -0.15) is 13.2 Å². The van der Waals surface area contributed by atoms with Crippen LogP contribution in [0.2, 0.25) is 0 Å². The molecular formula is C23H22F3N7. The summed E-state index contributed by atoms with van der Waals surface area (Å²) in [5.74, 6) is 1.30. The second kappa shape index (κ2) is 8.36. The molecule has 10 heteroatoms. The maximum atomic E-state index is 13.0. The Balaban J connectivity index is 1.41. The van der Waals surface area contributed by atoms with Gasteiger partial charge in [-0.3, -0.25) is 4.40 Å². The summed E-state index contributed by atoms with van der Waals surface area (Å²) in [5.41, 5.74) is 1.77. The van der Waals surface area contributed by atoms with Crippen molar-refractivity contribution in [2.24, 2.45) is 0 Å². The molecule has 33 heavy (non-hydrogen) atoms. The van der Waals surface area contributed by atoms with E-state index in [-0.39, 0.29) is 5.69 Å². The second-order valence-electron chi connectivity index (χ2n) is 8.01. The van der Waals surface area contributed by atoms with Gasteiger partial charge >= 0.3 is 6.18 Å². The first-order chi connectivity index (χ1) is 15.9. The number of rotatable bonds is 4. The Hall–Kier alpha value is -3.66. The molecule has 1 aromatic carbocycles. The number of benzene rings is 1. The summed E-state index contributed by atoms with van der Waals surface area (Å²) in [7, 11) is 2.11. The van der Waals surface area contributed by atoms with Gasteiger partial charge < -0.3 is 15.1 Å². The van der Waals surface area contributed by atoms with Gasteiger partial charge in [0.15, 0.2) is 11.5 Å². The molecule has 1 fully saturated rings. The number of pyridine rings is 1. The summed E-state index contributed by atoms with van der Waals surface area (Å²) in [6.45, 7) is 3.89. The summed E-state index contributed by atoms with van der Waals surface area (Å²) < 4.78 is 41.0. The average molecular weight is 453 g/mol. The number of hydrogen-bond donors (Lipinski definition) is 1. The van der Waals surface area contributed by atoms with Crippen LogP contribution in [0.15, 0.2) is 61.2 Å². The smallest absolute Gasteiger partial charge is 0.354 e. The van der Waals surface area contributed by atoms with E-state index in [9.17, 15) is 13.2 Å². The highest BCUT2D eigenvalue weighted by molar-refractivity contribution is 5.74. The van der Waals surface area contributed by atoms with E-state index in [1.54, 1.807) is 24.7 Å². The third-order valence-electron chi connectivity index (χ3n) is 5.75. The van der Waals surface area contributed by atoms with E-state index in [1.807, 2.05) is 22.7 Å². The molecule has 0 amide bonds. The van der Waals surface area contributed by atoms with Crippen molar-refractivity contribution in [3.63, 3.8) is 0 Å². The lowest BCUT2D eigenvalue weighted by Crippen LogP contribution is -2.44. The zero-order valence-electron chi connectivity index (χ0n) is 17.9. The molecule has 1 aliphatic heterocycles. The van der Waals surface area contributed by atoms with Crippen molar-refractivity contribution in [2.75, 3.05) is 43.4 Å². The maximum absolute atomic E-state index is 13.0. The van der Waals surface area contributed by atoms with E-state index in [0.717, 1.165) is 55.4 Å². The Morgan fingerprint density at radius 3 is 2.48 bits per heavy atom. The van der Waals surface area contributed by atoms with Gasteiger partial charge in [-0.15, -0.1) is 0 Å². The van der Waals surface area contributed by atoms with E-state index in [1.165, 1.54) is 6.07 Å². The molecule has 0 radical (unpaired) electrons. The van der Waals surface area contributed by atoms with Gasteiger partial charge in [0, 0.05) is 56.0 Å². The molecular weight excluding hydrogens is 431 g/mol. The fraction of sp³-hybridized carbons (Fsp3) is 0.261. The van der Waals surface area contributed by atoms with Gasteiger partial charge in [0.05, 0.1) is 17.5 Å². The Morgan fingerprint density at radius 1 is 0.939 bits per heavy atom. The van der Waals surface area contributed by atoms with Crippen LogP contribution in [0.25, 0.3) is 16.9 Å². The molecule has 3 aromatic heterocycles. The minimum Gasteiger partial charge on any atom is -0.354 e. The molecule has 7 nitrogen and oxygen atoms in total. The molecule has 0 unspecified atom stereocenters. The quantitative estimate of drug-likeness (QED) is 0.497. The van der Waals surface area contributed by atoms with Gasteiger partial charge in [-0.1, -0.05) is 6.07 Å². The summed E-state index contributed by atoms with van der Waals surface area (Å²) in [4.78, 5) is 17.9. The lowest BCUT2D eigenvalue weighted by Gasteiger charge is -2.33. The predicted molar refractivity (Wildman–Crippen MR) is 121 cm³/mol. The summed E-state index contributed by atoms with van der Waals surface area (Å²) >= 11 is 0. The monoisotopic (exact) mass is 453 g/mol. The minimum atomic E-state index is -4.42. The van der Waals surface area contributed by atoms with Crippen LogP contribution in [0, 0.1) is 0 Å². The molecule has 0 atom stereocenters. The summed E-state index contributed by atoms with van der Waals surface area (Å²) in [6.07, 6.45) is 2.46. The SMILES string of the molecule is CN1CCN(c2ccc(-c3cnc4c(Nc5cccc(C(F)(F)F)c5)nccn34)cn2)CC1. The van der Waals surface area contributed by atoms with Gasteiger partial charge in [-0.05, 0) is 37.4 Å². The van der Waals surface area contributed by atoms with E-state index < -0.39 is 11.7 Å². The lowest BCUT2D eigenvalue weighted by atomic mass is 10.2. The molecule has 4 heterocycles. The highest BCUT2D eigenvalue weighted by Gasteiger charge is 2.30. The summed E-state index contributed by atoms with van der Waals surface area (Å²) in [6, 6.07) is 9.01. The lowest BCUT2D eigenvalue weighted by molar-refractivity contribution is -0.137. The van der Waals surface area contributed by atoms with Crippen LogP contribution in [0.1, 0.15) is 5.56 Å². The number of piperazine rings is 1. The van der Waals surface area contributed by atoms with Crippen LogP contribution in [0.5, 0.6) is 0 Å². The number of aromatic nitrogens is 4. The molecule has 170 valence electrons. The third-order valence-corrected chi connectivity index (χ3v) is 5.75. The van der Waals surface area contributed by atoms with Crippen molar-refractivity contribution >= 4 is 23.0 Å². The highest BCUT2D eigenvalue weighted by atomic mass is 19.4. The number of hydrogen-bond acceptors (Lipinski definition) is 6. The zero-order valence-corrected chi connectivity index (χ0v) is 17.9. The number of halogens is 3. The normalized spacial score (nSPS) is 15.2. The van der Waals surface area contributed by atoms with Crippen LogP contribution in [0.3, 0.4) is 0 Å². The molecule has 1 aliphatic rings. The van der Waals surface area contributed by atoms with Crippen molar-refractivity contribution in [1.82, 2.24) is 24.3 Å². The third kappa shape index (κ3) is 4.34. The molecule has 0 saturated carbocycles. The molecule has 0 bridgehead atoms. The zero-order chi connectivity index (χ0) is 23.0. The summed E-state index contributed by atoms with van der Waals surface area (Å²) in [5, 5.41) is 2.96. The number of imidazole rings is 1. The fourth-order valence-electron chi connectivity index (χ4n) is 3.89. The van der Waals surface area contributed by atoms with Crippen LogP contribution in [-0.4, -0.2) is 57.5 Å². The van der Waals surface area contributed by atoms with Crippen molar-refractivity contribution in [3.05, 3.63) is 66.7 Å². The Kier molecular flexibility index (Phi) is 5.37. The van der Waals surface area contributed by atoms with Crippen LogP contribution in [-0.2, 0) is 6.18 Å². The van der Waals surface area contributed by atoms with Gasteiger partial charge in [-0.25, -0.2) is 15.0 Å². The first-order valence-electron chi connectivity index (χ1n) is 10.5. The molecule has 4 aromatic rings. The Labute approximate surface area is 188 Å². The maximum Gasteiger partial charge on any atom is 0.416 e. The number of fused-ring (bicyclic) bond motifs is 1. The molecule has 1 N–H and O–H groups in total. The Morgan fingerprint density at radius 2 is 1.76 bits per heavy atom. The average Bonchev–Trinajstić information content (AvgIpc) is 3.25. The van der Waals surface area contributed by atoms with E-state index in [4.69, 9.17) is 0 Å². The van der Waals surface area contributed by atoms with Crippen molar-refractivity contribution < 1.29 is 13.2 Å². The topological polar surface area (TPSA) is 61.6 Å². The van der Waals surface area contributed by atoms with Crippen LogP contribution < -0.4 is 10.2 Å². The number of anilines is 3. The number of likely N-dealkylation sites (N-methyl/N-ethyl adjacent to an activating group) is 1. The molecule has 1 saturated heterocycles. The number of nitrogens with one attached hydrogen (secondary N) is 1. The number of nitrogens with zero attached hydrogens (tertiary/aromatic N) is 6. The first kappa shape index (κ1) is 21.2. The molecule has 0 spiro atoms. The van der Waals surface area contributed by atoms with Crippen LogP contribution in [0.4, 0.5) is 30.5 Å². The van der Waals surface area contributed by atoms with E-state index in [2.05, 4.69) is 37.1 Å². The molecule has 0 aliphatic carbocycles. The van der Waals surface area contributed by atoms with Crippen molar-refractivity contribution in [3.8, 4) is 11.3 Å². The first-order valence-corrected chi connectivity index (χ1v) is 10.5. The Bertz CT molecular complexity index is 1260. The van der Waals surface area contributed by atoms with Crippen LogP contribution >= 0.6 is 0 Å². The largest absolute Gasteiger partial charge is 0.416 e. The van der Waals surface area contributed by atoms with E-state index in [0.29, 0.717) is 11.5 Å². The predicted octanol–water partition coefficient (Wildman–Crippen LogP) is 4.31. The van der Waals surface area contributed by atoms with Gasteiger partial charge in [0.2, 0.25) is 0 Å². The number of alkyl halides is 3. The fourth-order valence-corrected chi connectivity index (χ4v) is 3.89. The van der Waals surface area contributed by atoms with Crippen molar-refractivity contribution in [2.45, 2.75) is 6.18 Å². The van der Waals surface area contributed by atoms with Gasteiger partial charge in [0.1, 0.15) is 5.82 Å². The van der Waals surface area contributed by atoms with E-state index >= 15 is 0 Å².